The molecule has 1 saturated heterocycles. The molecule has 2 N–H and O–H groups in total. The molecule has 6 nitrogen and oxygen atoms in total. The Hall–Kier alpha value is -2.72. The molecule has 0 aromatic heterocycles. The summed E-state index contributed by atoms with van der Waals surface area (Å²) in [6, 6.07) is 21.0. The zero-order valence-corrected chi connectivity index (χ0v) is 16.9. The molecule has 0 spiro atoms. The monoisotopic (exact) mass is 405 g/mol. The molecule has 5 atom stereocenters. The largest absolute Gasteiger partial charge is 0.394 e. The number of morpholine rings is 1. The molecular weight excluding hydrogens is 378 g/mol. The van der Waals surface area contributed by atoms with Crippen LogP contribution in [0.3, 0.4) is 0 Å². The van der Waals surface area contributed by atoms with Gasteiger partial charge in [0.25, 0.3) is 0 Å². The van der Waals surface area contributed by atoms with Crippen LogP contribution in [0, 0.1) is 23.2 Å². The predicted molar refractivity (Wildman–Crippen MR) is 112 cm³/mol. The van der Waals surface area contributed by atoms with Gasteiger partial charge in [-0.15, -0.1) is 0 Å². The van der Waals surface area contributed by atoms with Gasteiger partial charge in [-0.25, -0.2) is 0 Å². The smallest absolute Gasteiger partial charge is 0.226 e. The number of nitriles is 1. The Bertz CT molecular complexity index is 878. The van der Waals surface area contributed by atoms with Crippen LogP contribution in [0.5, 0.6) is 0 Å². The second-order valence-electron chi connectivity index (χ2n) is 7.90. The first-order valence-electron chi connectivity index (χ1n) is 10.5. The standard InChI is InChI=1S/C24H27N3O3/c25-15-19(26-20(16-28)17-7-3-1-4-8-17)22-21(18-9-5-2-6-10-18)23(22)24(29)27-11-13-30-14-12-27/h1-10,19-23,26,28H,11-14,16H2/t19-,20+,21-,22-,23-/m0/s1. The molecule has 2 fully saturated rings. The number of carbonyl (C=O) groups is 1. The highest BCUT2D eigenvalue weighted by Gasteiger charge is 2.60. The first-order valence-corrected chi connectivity index (χ1v) is 10.5. The number of carbonyl (C=O) groups excluding carboxylic acids is 1. The zero-order valence-electron chi connectivity index (χ0n) is 16.9. The highest BCUT2D eigenvalue weighted by Crippen LogP contribution is 2.56. The number of aliphatic hydroxyl groups is 1. The third-order valence-corrected chi connectivity index (χ3v) is 6.16. The Balaban J connectivity index is 1.56. The van der Waals surface area contributed by atoms with Crippen molar-refractivity contribution in [1.82, 2.24) is 10.2 Å². The van der Waals surface area contributed by atoms with E-state index in [1.807, 2.05) is 65.6 Å². The molecule has 0 radical (unpaired) electrons. The van der Waals surface area contributed by atoms with Crippen molar-refractivity contribution in [2.75, 3.05) is 32.9 Å². The molecule has 30 heavy (non-hydrogen) atoms. The predicted octanol–water partition coefficient (Wildman–Crippen LogP) is 2.09. The Kier molecular flexibility index (Phi) is 6.44. The van der Waals surface area contributed by atoms with Crippen molar-refractivity contribution in [3.8, 4) is 6.07 Å². The van der Waals surface area contributed by atoms with E-state index in [0.717, 1.165) is 11.1 Å². The summed E-state index contributed by atoms with van der Waals surface area (Å²) in [4.78, 5) is 15.1. The Morgan fingerprint density at radius 1 is 1.13 bits per heavy atom. The van der Waals surface area contributed by atoms with Crippen LogP contribution in [0.4, 0.5) is 0 Å². The molecule has 1 aliphatic carbocycles. The Labute approximate surface area is 177 Å². The lowest BCUT2D eigenvalue weighted by Crippen LogP contribution is -2.43. The van der Waals surface area contributed by atoms with E-state index >= 15 is 0 Å². The Morgan fingerprint density at radius 2 is 1.77 bits per heavy atom. The number of nitrogens with one attached hydrogen (secondary N) is 1. The minimum Gasteiger partial charge on any atom is -0.394 e. The van der Waals surface area contributed by atoms with Gasteiger partial charge in [0, 0.05) is 24.9 Å². The zero-order chi connectivity index (χ0) is 20.9. The molecule has 6 heteroatoms. The molecule has 1 saturated carbocycles. The average Bonchev–Trinajstić information content (AvgIpc) is 3.56. The van der Waals surface area contributed by atoms with Crippen molar-refractivity contribution in [2.45, 2.75) is 18.0 Å². The lowest BCUT2D eigenvalue weighted by Gasteiger charge is -2.27. The number of aliphatic hydroxyl groups excluding tert-OH is 1. The summed E-state index contributed by atoms with van der Waals surface area (Å²) < 4.78 is 5.39. The fraction of sp³-hybridized carbons (Fsp3) is 0.417. The third kappa shape index (κ3) is 4.24. The van der Waals surface area contributed by atoms with Gasteiger partial charge in [0.1, 0.15) is 6.04 Å². The second kappa shape index (κ2) is 9.40. The van der Waals surface area contributed by atoms with Crippen LogP contribution in [0.25, 0.3) is 0 Å². The van der Waals surface area contributed by atoms with Crippen molar-refractivity contribution in [1.29, 1.82) is 5.26 Å². The van der Waals surface area contributed by atoms with Crippen molar-refractivity contribution in [3.63, 3.8) is 0 Å². The van der Waals surface area contributed by atoms with E-state index in [0.29, 0.717) is 26.3 Å². The van der Waals surface area contributed by atoms with Crippen molar-refractivity contribution >= 4 is 5.91 Å². The summed E-state index contributed by atoms with van der Waals surface area (Å²) in [5.41, 5.74) is 2.00. The van der Waals surface area contributed by atoms with Crippen molar-refractivity contribution < 1.29 is 14.6 Å². The maximum Gasteiger partial charge on any atom is 0.226 e. The van der Waals surface area contributed by atoms with E-state index in [4.69, 9.17) is 4.74 Å². The van der Waals surface area contributed by atoms with E-state index in [2.05, 4.69) is 11.4 Å². The lowest BCUT2D eigenvalue weighted by atomic mass is 10.0. The van der Waals surface area contributed by atoms with Gasteiger partial charge in [-0.1, -0.05) is 60.7 Å². The van der Waals surface area contributed by atoms with Crippen LogP contribution >= 0.6 is 0 Å². The number of benzene rings is 2. The molecule has 1 aliphatic heterocycles. The molecule has 0 bridgehead atoms. The van der Waals surface area contributed by atoms with E-state index in [9.17, 15) is 15.2 Å². The summed E-state index contributed by atoms with van der Waals surface area (Å²) in [6.45, 7) is 2.18. The fourth-order valence-corrected chi connectivity index (χ4v) is 4.56. The highest BCUT2D eigenvalue weighted by atomic mass is 16.5. The molecule has 0 unspecified atom stereocenters. The highest BCUT2D eigenvalue weighted by molar-refractivity contribution is 5.84. The normalized spacial score (nSPS) is 25.2. The maximum absolute atomic E-state index is 13.3. The lowest BCUT2D eigenvalue weighted by molar-refractivity contribution is -0.137. The van der Waals surface area contributed by atoms with E-state index in [1.54, 1.807) is 0 Å². The summed E-state index contributed by atoms with van der Waals surface area (Å²) >= 11 is 0. The number of rotatable bonds is 7. The van der Waals surface area contributed by atoms with Gasteiger partial charge in [0.05, 0.1) is 37.8 Å². The van der Waals surface area contributed by atoms with E-state index in [1.165, 1.54) is 0 Å². The molecule has 1 amide bonds. The molecule has 2 aromatic rings. The SMILES string of the molecule is N#C[C@H](N[C@H](CO)c1ccccc1)[C@@H]1[C@@H](C(=O)N2CCOCC2)[C@H]1c1ccccc1. The average molecular weight is 405 g/mol. The van der Waals surface area contributed by atoms with Crippen LogP contribution in [0.1, 0.15) is 23.1 Å². The fourth-order valence-electron chi connectivity index (χ4n) is 4.56. The van der Waals surface area contributed by atoms with Gasteiger partial charge < -0.3 is 14.7 Å². The first kappa shape index (κ1) is 20.5. The number of hydrogen-bond acceptors (Lipinski definition) is 5. The molecule has 2 aromatic carbocycles. The minimum absolute atomic E-state index is 0.00573. The molecule has 4 rings (SSSR count). The van der Waals surface area contributed by atoms with E-state index in [-0.39, 0.29) is 36.3 Å². The van der Waals surface area contributed by atoms with Gasteiger partial charge in [-0.05, 0) is 11.1 Å². The molecule has 156 valence electrons. The molecular formula is C24H27N3O3. The van der Waals surface area contributed by atoms with Crippen LogP contribution < -0.4 is 5.32 Å². The van der Waals surface area contributed by atoms with Crippen molar-refractivity contribution in [2.24, 2.45) is 11.8 Å². The number of ether oxygens (including phenoxy) is 1. The van der Waals surface area contributed by atoms with Gasteiger partial charge >= 0.3 is 0 Å². The van der Waals surface area contributed by atoms with Gasteiger partial charge in [-0.2, -0.15) is 5.26 Å². The van der Waals surface area contributed by atoms with Gasteiger partial charge in [-0.3, -0.25) is 10.1 Å². The Morgan fingerprint density at radius 3 is 2.37 bits per heavy atom. The minimum atomic E-state index is -0.539. The van der Waals surface area contributed by atoms with Crippen LogP contribution in [-0.4, -0.2) is 54.9 Å². The summed E-state index contributed by atoms with van der Waals surface area (Å²) in [5, 5.41) is 23.2. The molecule has 2 aliphatic rings. The number of hydrogen-bond donors (Lipinski definition) is 2. The molecule has 1 heterocycles. The second-order valence-corrected chi connectivity index (χ2v) is 7.90. The van der Waals surface area contributed by atoms with E-state index < -0.39 is 6.04 Å². The van der Waals surface area contributed by atoms with Crippen molar-refractivity contribution in [3.05, 3.63) is 71.8 Å². The quantitative estimate of drug-likeness (QED) is 0.737. The third-order valence-electron chi connectivity index (χ3n) is 6.16. The number of amides is 1. The maximum atomic E-state index is 13.3. The van der Waals surface area contributed by atoms with Gasteiger partial charge in [0.2, 0.25) is 5.91 Å². The van der Waals surface area contributed by atoms with Crippen LogP contribution in [0.15, 0.2) is 60.7 Å². The summed E-state index contributed by atoms with van der Waals surface area (Å²) in [6.07, 6.45) is 0. The first-order chi connectivity index (χ1) is 14.7. The topological polar surface area (TPSA) is 85.6 Å². The summed E-state index contributed by atoms with van der Waals surface area (Å²) in [5.74, 6) is -0.281. The van der Waals surface area contributed by atoms with Crippen LogP contribution in [-0.2, 0) is 9.53 Å². The summed E-state index contributed by atoms with van der Waals surface area (Å²) in [7, 11) is 0. The van der Waals surface area contributed by atoms with Crippen LogP contribution in [0.2, 0.25) is 0 Å². The number of nitrogens with zero attached hydrogens (tertiary/aromatic N) is 2. The van der Waals surface area contributed by atoms with Gasteiger partial charge in [0.15, 0.2) is 0 Å².